The summed E-state index contributed by atoms with van der Waals surface area (Å²) >= 11 is 0. The summed E-state index contributed by atoms with van der Waals surface area (Å²) in [5.41, 5.74) is 1.69. The van der Waals surface area contributed by atoms with E-state index in [1.165, 1.54) is 0 Å². The van der Waals surface area contributed by atoms with Crippen LogP contribution in [-0.4, -0.2) is 39.7 Å². The van der Waals surface area contributed by atoms with E-state index in [2.05, 4.69) is 25.6 Å². The third kappa shape index (κ3) is 1.41. The van der Waals surface area contributed by atoms with E-state index in [-0.39, 0.29) is 0 Å². The fraction of sp³-hybridized carbons (Fsp3) is 0.250. The number of pyridine rings is 1. The van der Waals surface area contributed by atoms with Crippen LogP contribution < -0.4 is 4.90 Å². The lowest BCUT2D eigenvalue weighted by Gasteiger charge is -2.13. The van der Waals surface area contributed by atoms with Crippen LogP contribution in [0.15, 0.2) is 18.3 Å². The molecule has 0 saturated carbocycles. The highest BCUT2D eigenvalue weighted by Crippen LogP contribution is 2.22. The van der Waals surface area contributed by atoms with E-state index < -0.39 is 0 Å². The third-order valence-corrected chi connectivity index (χ3v) is 1.83. The Morgan fingerprint density at radius 2 is 2.21 bits per heavy atom. The lowest BCUT2D eigenvalue weighted by Crippen LogP contribution is -2.10. The lowest BCUT2D eigenvalue weighted by atomic mass is 10.2. The average Bonchev–Trinajstić information content (AvgIpc) is 2.70. The van der Waals surface area contributed by atoms with Gasteiger partial charge in [0, 0.05) is 20.3 Å². The Bertz CT molecular complexity index is 408. The minimum atomic E-state index is 0.509. The van der Waals surface area contributed by atoms with Crippen LogP contribution in [0.5, 0.6) is 0 Å². The maximum Gasteiger partial charge on any atom is 0.225 e. The molecule has 2 aromatic rings. The standard InChI is InChI=1S/C8H10N6/c1-14(2)6-4-3-5-9-7(6)8-10-12-13-11-8/h3-5H,1-2H3,(H,10,11,12,13). The summed E-state index contributed by atoms with van der Waals surface area (Å²) in [4.78, 5) is 6.17. The monoisotopic (exact) mass is 190 g/mol. The molecule has 14 heavy (non-hydrogen) atoms. The minimum absolute atomic E-state index is 0.509. The molecule has 0 aliphatic heterocycles. The Morgan fingerprint density at radius 1 is 1.36 bits per heavy atom. The fourth-order valence-corrected chi connectivity index (χ4v) is 1.19. The van der Waals surface area contributed by atoms with Gasteiger partial charge in [0.25, 0.3) is 0 Å². The van der Waals surface area contributed by atoms with E-state index in [4.69, 9.17) is 0 Å². The molecule has 0 unspecified atom stereocenters. The van der Waals surface area contributed by atoms with Crippen molar-refractivity contribution in [1.29, 1.82) is 0 Å². The van der Waals surface area contributed by atoms with Crippen LogP contribution >= 0.6 is 0 Å². The van der Waals surface area contributed by atoms with Crippen molar-refractivity contribution in [3.8, 4) is 11.5 Å². The maximum absolute atomic E-state index is 4.22. The summed E-state index contributed by atoms with van der Waals surface area (Å²) in [5.74, 6) is 0.509. The summed E-state index contributed by atoms with van der Waals surface area (Å²) < 4.78 is 0. The molecular formula is C8H10N6. The molecular weight excluding hydrogens is 180 g/mol. The SMILES string of the molecule is CN(C)c1cccnc1-c1nn[nH]n1. The summed E-state index contributed by atoms with van der Waals surface area (Å²) in [6.45, 7) is 0. The Morgan fingerprint density at radius 3 is 2.86 bits per heavy atom. The number of H-pyrrole nitrogens is 1. The molecule has 1 N–H and O–H groups in total. The molecule has 0 bridgehead atoms. The van der Waals surface area contributed by atoms with Crippen molar-refractivity contribution in [3.63, 3.8) is 0 Å². The van der Waals surface area contributed by atoms with Crippen molar-refractivity contribution in [1.82, 2.24) is 25.6 Å². The summed E-state index contributed by atoms with van der Waals surface area (Å²) in [7, 11) is 3.89. The normalized spacial score (nSPS) is 10.1. The molecule has 0 aromatic carbocycles. The van der Waals surface area contributed by atoms with Crippen LogP contribution in [0.1, 0.15) is 0 Å². The van der Waals surface area contributed by atoms with Gasteiger partial charge in [-0.05, 0) is 17.3 Å². The zero-order chi connectivity index (χ0) is 9.97. The van der Waals surface area contributed by atoms with Gasteiger partial charge in [0.05, 0.1) is 5.69 Å². The molecule has 2 rings (SSSR count). The number of hydrogen-bond donors (Lipinski definition) is 1. The summed E-state index contributed by atoms with van der Waals surface area (Å²) in [6, 6.07) is 3.83. The molecule has 2 heterocycles. The second-order valence-corrected chi connectivity index (χ2v) is 3.00. The number of rotatable bonds is 2. The molecule has 0 fully saturated rings. The van der Waals surface area contributed by atoms with Crippen molar-refractivity contribution < 1.29 is 0 Å². The number of nitrogens with one attached hydrogen (secondary N) is 1. The molecule has 0 aliphatic carbocycles. The zero-order valence-electron chi connectivity index (χ0n) is 7.97. The second kappa shape index (κ2) is 3.41. The quantitative estimate of drug-likeness (QED) is 0.738. The summed E-state index contributed by atoms with van der Waals surface area (Å²) in [6.07, 6.45) is 1.71. The van der Waals surface area contributed by atoms with Crippen molar-refractivity contribution in [2.75, 3.05) is 19.0 Å². The smallest absolute Gasteiger partial charge is 0.225 e. The Labute approximate surface area is 81.0 Å². The lowest BCUT2D eigenvalue weighted by molar-refractivity contribution is 0.881. The van der Waals surface area contributed by atoms with Crippen LogP contribution in [-0.2, 0) is 0 Å². The molecule has 0 radical (unpaired) electrons. The van der Waals surface area contributed by atoms with Gasteiger partial charge in [0.1, 0.15) is 5.69 Å². The van der Waals surface area contributed by atoms with Gasteiger partial charge in [-0.25, -0.2) is 0 Å². The van der Waals surface area contributed by atoms with E-state index >= 15 is 0 Å². The van der Waals surface area contributed by atoms with Gasteiger partial charge in [-0.3, -0.25) is 4.98 Å². The molecule has 0 atom stereocenters. The molecule has 6 nitrogen and oxygen atoms in total. The van der Waals surface area contributed by atoms with Crippen LogP contribution in [0.4, 0.5) is 5.69 Å². The fourth-order valence-electron chi connectivity index (χ4n) is 1.19. The first kappa shape index (κ1) is 8.61. The molecule has 0 spiro atoms. The molecule has 6 heteroatoms. The molecule has 2 aromatic heterocycles. The van der Waals surface area contributed by atoms with E-state index in [1.807, 2.05) is 31.1 Å². The van der Waals surface area contributed by atoms with E-state index in [9.17, 15) is 0 Å². The highest BCUT2D eigenvalue weighted by molar-refractivity contribution is 5.69. The topological polar surface area (TPSA) is 70.6 Å². The average molecular weight is 190 g/mol. The van der Waals surface area contributed by atoms with E-state index in [0.717, 1.165) is 11.4 Å². The first-order valence-electron chi connectivity index (χ1n) is 4.15. The number of tetrazole rings is 1. The Hall–Kier alpha value is -1.98. The molecule has 0 saturated heterocycles. The maximum atomic E-state index is 4.22. The zero-order valence-corrected chi connectivity index (χ0v) is 7.97. The van der Waals surface area contributed by atoms with Crippen LogP contribution in [0.25, 0.3) is 11.5 Å². The van der Waals surface area contributed by atoms with Crippen molar-refractivity contribution in [3.05, 3.63) is 18.3 Å². The highest BCUT2D eigenvalue weighted by atomic mass is 15.5. The Kier molecular flexibility index (Phi) is 2.10. The van der Waals surface area contributed by atoms with Crippen molar-refractivity contribution in [2.24, 2.45) is 0 Å². The first-order chi connectivity index (χ1) is 6.79. The van der Waals surface area contributed by atoms with E-state index in [0.29, 0.717) is 5.82 Å². The van der Waals surface area contributed by atoms with Gasteiger partial charge in [0.2, 0.25) is 5.82 Å². The van der Waals surface area contributed by atoms with Gasteiger partial charge < -0.3 is 4.90 Å². The highest BCUT2D eigenvalue weighted by Gasteiger charge is 2.11. The van der Waals surface area contributed by atoms with Crippen LogP contribution in [0.3, 0.4) is 0 Å². The van der Waals surface area contributed by atoms with Crippen LogP contribution in [0, 0.1) is 0 Å². The van der Waals surface area contributed by atoms with Crippen LogP contribution in [0.2, 0.25) is 0 Å². The first-order valence-corrected chi connectivity index (χ1v) is 4.15. The van der Waals surface area contributed by atoms with E-state index in [1.54, 1.807) is 6.20 Å². The van der Waals surface area contributed by atoms with Gasteiger partial charge in [0.15, 0.2) is 0 Å². The summed E-state index contributed by atoms with van der Waals surface area (Å²) in [5, 5.41) is 13.7. The van der Waals surface area contributed by atoms with Gasteiger partial charge >= 0.3 is 0 Å². The van der Waals surface area contributed by atoms with Gasteiger partial charge in [-0.2, -0.15) is 5.21 Å². The third-order valence-electron chi connectivity index (χ3n) is 1.83. The molecule has 0 amide bonds. The largest absolute Gasteiger partial charge is 0.376 e. The second-order valence-electron chi connectivity index (χ2n) is 3.00. The minimum Gasteiger partial charge on any atom is -0.376 e. The predicted molar refractivity (Wildman–Crippen MR) is 51.7 cm³/mol. The van der Waals surface area contributed by atoms with Gasteiger partial charge in [-0.15, -0.1) is 10.2 Å². The number of aromatic amines is 1. The Balaban J connectivity index is 2.53. The molecule has 0 aliphatic rings. The number of hydrogen-bond acceptors (Lipinski definition) is 5. The number of nitrogens with zero attached hydrogens (tertiary/aromatic N) is 5. The molecule has 72 valence electrons. The number of aromatic nitrogens is 5. The predicted octanol–water partition coefficient (Wildman–Crippen LogP) is 0.328. The van der Waals surface area contributed by atoms with Crippen molar-refractivity contribution >= 4 is 5.69 Å². The van der Waals surface area contributed by atoms with Crippen molar-refractivity contribution in [2.45, 2.75) is 0 Å². The number of anilines is 1. The van der Waals surface area contributed by atoms with Gasteiger partial charge in [-0.1, -0.05) is 0 Å².